The third kappa shape index (κ3) is 5.68. The topological polar surface area (TPSA) is 24.7 Å². The molecule has 0 bridgehead atoms. The maximum Gasteiger partial charge on any atom is 0.0849 e. The van der Waals surface area contributed by atoms with Gasteiger partial charge in [0.2, 0.25) is 0 Å². The molecular formula is C22H18FeN2-6. The van der Waals surface area contributed by atoms with E-state index in [-0.39, 0.29) is 17.1 Å². The van der Waals surface area contributed by atoms with E-state index in [0.29, 0.717) is 0 Å². The van der Waals surface area contributed by atoms with Gasteiger partial charge in [-0.3, -0.25) is 0 Å². The van der Waals surface area contributed by atoms with Crippen LogP contribution in [0.5, 0.6) is 0 Å². The standard InChI is InChI=1S/C17H13N2.C5H5.Fe/c1-2-10-15(11-3-1)18-19-17-13-7-6-12-16(17)14-8-4-5-9-14;1-2-4-5-3-1;/h1-13H;1-5H;/q-1;-5;. The van der Waals surface area contributed by atoms with Gasteiger partial charge in [0, 0.05) is 22.8 Å². The van der Waals surface area contributed by atoms with Gasteiger partial charge in [-0.25, -0.2) is 0 Å². The quantitative estimate of drug-likeness (QED) is 0.214. The Hall–Kier alpha value is -2.74. The monoisotopic (exact) mass is 366 g/mol. The molecule has 130 valence electrons. The van der Waals surface area contributed by atoms with E-state index >= 15 is 0 Å². The Kier molecular flexibility index (Phi) is 7.58. The summed E-state index contributed by atoms with van der Waals surface area (Å²) in [5.41, 5.74) is 4.02. The van der Waals surface area contributed by atoms with Crippen molar-refractivity contribution in [2.45, 2.75) is 0 Å². The second-order valence-electron chi connectivity index (χ2n) is 5.19. The van der Waals surface area contributed by atoms with Crippen LogP contribution in [-0.2, 0) is 17.1 Å². The van der Waals surface area contributed by atoms with Crippen LogP contribution in [0.3, 0.4) is 0 Å². The van der Waals surface area contributed by atoms with Crippen LogP contribution in [-0.4, -0.2) is 0 Å². The zero-order valence-corrected chi connectivity index (χ0v) is 14.7. The van der Waals surface area contributed by atoms with Gasteiger partial charge in [0.05, 0.1) is 5.69 Å². The SMILES string of the molecule is [Fe].[cH-]1[cH-][cH-][cH-][cH-]1.c1ccc(N=Nc2ccccc2-[c-]2cccc2)cc1. The fourth-order valence-electron chi connectivity index (χ4n) is 2.29. The van der Waals surface area contributed by atoms with Crippen LogP contribution in [0.1, 0.15) is 0 Å². The number of azo groups is 1. The summed E-state index contributed by atoms with van der Waals surface area (Å²) in [5.74, 6) is 0. The van der Waals surface area contributed by atoms with Crippen molar-refractivity contribution in [3.8, 4) is 11.1 Å². The third-order valence-corrected chi connectivity index (χ3v) is 3.46. The third-order valence-electron chi connectivity index (χ3n) is 3.46. The minimum absolute atomic E-state index is 0. The molecule has 0 saturated heterocycles. The number of nitrogens with zero attached hydrogens (tertiary/aromatic N) is 2. The molecule has 4 aromatic rings. The fraction of sp³-hybridized carbons (Fsp3) is 0. The number of hydrogen-bond donors (Lipinski definition) is 0. The summed E-state index contributed by atoms with van der Waals surface area (Å²) in [6, 6.07) is 36.0. The summed E-state index contributed by atoms with van der Waals surface area (Å²) in [6.45, 7) is 0. The summed E-state index contributed by atoms with van der Waals surface area (Å²) < 4.78 is 0. The minimum Gasteiger partial charge on any atom is -0.748 e. The molecule has 0 unspecified atom stereocenters. The molecule has 2 nitrogen and oxygen atoms in total. The molecule has 4 rings (SSSR count). The first-order valence-electron chi connectivity index (χ1n) is 7.88. The van der Waals surface area contributed by atoms with Gasteiger partial charge in [0.15, 0.2) is 0 Å². The Balaban J connectivity index is 0.000000325. The summed E-state index contributed by atoms with van der Waals surface area (Å²) in [5, 5.41) is 8.63. The molecule has 25 heavy (non-hydrogen) atoms. The average molecular weight is 366 g/mol. The molecule has 4 aromatic carbocycles. The molecule has 0 N–H and O–H groups in total. The average Bonchev–Trinajstić information content (AvgIpc) is 3.37. The maximum atomic E-state index is 4.36. The van der Waals surface area contributed by atoms with Crippen molar-refractivity contribution >= 4 is 11.4 Å². The van der Waals surface area contributed by atoms with Gasteiger partial charge < -0.3 is 30.3 Å². The van der Waals surface area contributed by atoms with Crippen LogP contribution in [0.15, 0.2) is 119 Å². The van der Waals surface area contributed by atoms with E-state index in [1.54, 1.807) is 0 Å². The van der Waals surface area contributed by atoms with Crippen molar-refractivity contribution in [3.63, 3.8) is 0 Å². The van der Waals surface area contributed by atoms with Crippen molar-refractivity contribution < 1.29 is 17.1 Å². The molecule has 3 heteroatoms. The second kappa shape index (κ2) is 10.2. The molecule has 0 aliphatic rings. The van der Waals surface area contributed by atoms with E-state index in [2.05, 4.69) is 28.4 Å². The molecular weight excluding hydrogens is 348 g/mol. The minimum atomic E-state index is 0. The van der Waals surface area contributed by atoms with Crippen LogP contribution in [0.2, 0.25) is 0 Å². The van der Waals surface area contributed by atoms with Crippen molar-refractivity contribution in [1.29, 1.82) is 0 Å². The van der Waals surface area contributed by atoms with Crippen molar-refractivity contribution in [1.82, 2.24) is 0 Å². The Morgan fingerprint density at radius 1 is 0.600 bits per heavy atom. The molecule has 0 atom stereocenters. The van der Waals surface area contributed by atoms with Crippen LogP contribution in [0, 0.1) is 0 Å². The zero-order chi connectivity index (χ0) is 16.5. The Labute approximate surface area is 159 Å². The van der Waals surface area contributed by atoms with Gasteiger partial charge in [-0.2, -0.15) is 22.4 Å². The second-order valence-corrected chi connectivity index (χ2v) is 5.19. The molecule has 0 amide bonds. The van der Waals surface area contributed by atoms with E-state index in [9.17, 15) is 0 Å². The maximum absolute atomic E-state index is 4.36. The largest absolute Gasteiger partial charge is 0.748 e. The molecule has 0 aliphatic carbocycles. The fourth-order valence-corrected chi connectivity index (χ4v) is 2.29. The van der Waals surface area contributed by atoms with E-state index in [1.165, 1.54) is 5.56 Å². The summed E-state index contributed by atoms with van der Waals surface area (Å²) in [4.78, 5) is 0. The zero-order valence-electron chi connectivity index (χ0n) is 13.6. The molecule has 0 heterocycles. The first-order chi connectivity index (χ1) is 11.9. The predicted octanol–water partition coefficient (Wildman–Crippen LogP) is 6.89. The van der Waals surface area contributed by atoms with Gasteiger partial charge >= 0.3 is 0 Å². The van der Waals surface area contributed by atoms with E-state index in [1.807, 2.05) is 91.0 Å². The van der Waals surface area contributed by atoms with Crippen molar-refractivity contribution in [3.05, 3.63) is 109 Å². The molecule has 0 aliphatic heterocycles. The Morgan fingerprint density at radius 2 is 1.16 bits per heavy atom. The van der Waals surface area contributed by atoms with Crippen LogP contribution >= 0.6 is 0 Å². The van der Waals surface area contributed by atoms with Gasteiger partial charge in [-0.1, -0.05) is 47.5 Å². The molecule has 0 spiro atoms. The van der Waals surface area contributed by atoms with E-state index in [4.69, 9.17) is 0 Å². The molecule has 0 fully saturated rings. The summed E-state index contributed by atoms with van der Waals surface area (Å²) >= 11 is 0. The smallest absolute Gasteiger partial charge is 0.0849 e. The van der Waals surface area contributed by atoms with Gasteiger partial charge in [-0.15, -0.1) is 18.2 Å². The van der Waals surface area contributed by atoms with Crippen molar-refractivity contribution in [2.75, 3.05) is 0 Å². The van der Waals surface area contributed by atoms with Crippen LogP contribution in [0.25, 0.3) is 11.1 Å². The van der Waals surface area contributed by atoms with Crippen molar-refractivity contribution in [2.24, 2.45) is 10.2 Å². The van der Waals surface area contributed by atoms with Crippen LogP contribution in [0.4, 0.5) is 11.4 Å². The number of benzene rings is 2. The molecule has 0 saturated carbocycles. The van der Waals surface area contributed by atoms with Crippen LogP contribution < -0.4 is 0 Å². The number of rotatable bonds is 3. The normalized spacial score (nSPS) is 9.92. The van der Waals surface area contributed by atoms with E-state index in [0.717, 1.165) is 16.9 Å². The van der Waals surface area contributed by atoms with Gasteiger partial charge in [0.1, 0.15) is 0 Å². The molecule has 0 radical (unpaired) electrons. The first kappa shape index (κ1) is 18.6. The van der Waals surface area contributed by atoms with Gasteiger partial charge in [0.25, 0.3) is 0 Å². The first-order valence-corrected chi connectivity index (χ1v) is 7.88. The summed E-state index contributed by atoms with van der Waals surface area (Å²) in [7, 11) is 0. The Bertz CT molecular complexity index is 831. The predicted molar refractivity (Wildman–Crippen MR) is 100 cm³/mol. The Morgan fingerprint density at radius 3 is 1.80 bits per heavy atom. The number of hydrogen-bond acceptors (Lipinski definition) is 2. The molecule has 0 aromatic heterocycles. The summed E-state index contributed by atoms with van der Waals surface area (Å²) in [6.07, 6.45) is 0. The van der Waals surface area contributed by atoms with E-state index < -0.39 is 0 Å². The van der Waals surface area contributed by atoms with Gasteiger partial charge in [-0.05, 0) is 12.1 Å².